The SMILES string of the molecule is CN(Cc1c(Cl)cnn1C)C(=O)/C=C/c1cnn(C)c1. The van der Waals surface area contributed by atoms with Crippen LogP contribution in [-0.2, 0) is 25.4 Å². The lowest BCUT2D eigenvalue weighted by Gasteiger charge is -2.15. The Morgan fingerprint density at radius 2 is 2.15 bits per heavy atom. The normalized spacial score (nSPS) is 11.2. The van der Waals surface area contributed by atoms with E-state index in [4.69, 9.17) is 11.6 Å². The average molecular weight is 294 g/mol. The predicted molar refractivity (Wildman–Crippen MR) is 76.9 cm³/mol. The number of hydrogen-bond acceptors (Lipinski definition) is 3. The standard InChI is InChI=1S/C13H16ClN5O/c1-17(9-12-11(14)7-16-19(12)3)13(20)5-4-10-6-15-18(2)8-10/h4-8H,9H2,1-3H3/b5-4+. The van der Waals surface area contributed by atoms with Crippen molar-refractivity contribution in [3.8, 4) is 0 Å². The van der Waals surface area contributed by atoms with E-state index in [1.54, 1.807) is 46.8 Å². The molecule has 2 heterocycles. The van der Waals surface area contributed by atoms with E-state index in [0.29, 0.717) is 11.6 Å². The van der Waals surface area contributed by atoms with E-state index in [-0.39, 0.29) is 5.91 Å². The number of carbonyl (C=O) groups is 1. The van der Waals surface area contributed by atoms with Crippen LogP contribution in [0.15, 0.2) is 24.7 Å². The Hall–Kier alpha value is -2.08. The van der Waals surface area contributed by atoms with Crippen LogP contribution in [0.25, 0.3) is 6.08 Å². The van der Waals surface area contributed by atoms with Gasteiger partial charge in [0.2, 0.25) is 5.91 Å². The summed E-state index contributed by atoms with van der Waals surface area (Å²) in [6.07, 6.45) is 8.35. The molecule has 106 valence electrons. The summed E-state index contributed by atoms with van der Waals surface area (Å²) in [6.45, 7) is 0.408. The fraction of sp³-hybridized carbons (Fsp3) is 0.308. The number of amides is 1. The quantitative estimate of drug-likeness (QED) is 0.802. The number of aromatic nitrogens is 4. The van der Waals surface area contributed by atoms with Gasteiger partial charge >= 0.3 is 0 Å². The number of hydrogen-bond donors (Lipinski definition) is 0. The molecule has 0 radical (unpaired) electrons. The summed E-state index contributed by atoms with van der Waals surface area (Å²) in [6, 6.07) is 0. The van der Waals surface area contributed by atoms with Gasteiger partial charge < -0.3 is 4.90 Å². The second-order valence-electron chi connectivity index (χ2n) is 4.54. The van der Waals surface area contributed by atoms with Crippen molar-refractivity contribution in [1.82, 2.24) is 24.5 Å². The Morgan fingerprint density at radius 1 is 1.40 bits per heavy atom. The first-order valence-electron chi connectivity index (χ1n) is 6.05. The molecule has 0 atom stereocenters. The smallest absolute Gasteiger partial charge is 0.246 e. The van der Waals surface area contributed by atoms with Crippen molar-refractivity contribution >= 4 is 23.6 Å². The van der Waals surface area contributed by atoms with E-state index in [0.717, 1.165) is 11.3 Å². The van der Waals surface area contributed by atoms with Crippen molar-refractivity contribution in [2.45, 2.75) is 6.54 Å². The van der Waals surface area contributed by atoms with Crippen LogP contribution in [0.4, 0.5) is 0 Å². The van der Waals surface area contributed by atoms with Gasteiger partial charge in [-0.2, -0.15) is 10.2 Å². The van der Waals surface area contributed by atoms with E-state index in [9.17, 15) is 4.79 Å². The van der Waals surface area contributed by atoms with Crippen molar-refractivity contribution in [1.29, 1.82) is 0 Å². The highest BCUT2D eigenvalue weighted by molar-refractivity contribution is 6.31. The molecule has 0 aliphatic carbocycles. The zero-order valence-electron chi connectivity index (χ0n) is 11.6. The maximum absolute atomic E-state index is 12.0. The highest BCUT2D eigenvalue weighted by atomic mass is 35.5. The number of halogens is 1. The first-order valence-corrected chi connectivity index (χ1v) is 6.43. The molecule has 2 rings (SSSR count). The van der Waals surface area contributed by atoms with E-state index in [1.165, 1.54) is 6.08 Å². The molecule has 0 aliphatic rings. The molecule has 20 heavy (non-hydrogen) atoms. The molecule has 6 nitrogen and oxygen atoms in total. The fourth-order valence-electron chi connectivity index (χ4n) is 1.74. The lowest BCUT2D eigenvalue weighted by molar-refractivity contribution is -0.125. The van der Waals surface area contributed by atoms with Gasteiger partial charge in [-0.3, -0.25) is 14.2 Å². The Morgan fingerprint density at radius 3 is 2.70 bits per heavy atom. The minimum atomic E-state index is -0.105. The maximum atomic E-state index is 12.0. The zero-order chi connectivity index (χ0) is 14.7. The van der Waals surface area contributed by atoms with E-state index >= 15 is 0 Å². The van der Waals surface area contributed by atoms with Crippen LogP contribution in [0.5, 0.6) is 0 Å². The molecule has 0 saturated heterocycles. The topological polar surface area (TPSA) is 56.0 Å². The third kappa shape index (κ3) is 3.27. The van der Waals surface area contributed by atoms with Crippen LogP contribution in [0.1, 0.15) is 11.3 Å². The van der Waals surface area contributed by atoms with Gasteiger partial charge in [-0.1, -0.05) is 11.6 Å². The number of rotatable bonds is 4. The van der Waals surface area contributed by atoms with Crippen molar-refractivity contribution in [3.05, 3.63) is 40.9 Å². The van der Waals surface area contributed by atoms with Crippen LogP contribution >= 0.6 is 11.6 Å². The molecule has 0 aromatic carbocycles. The summed E-state index contributed by atoms with van der Waals surface area (Å²) in [5, 5.41) is 8.64. The number of aryl methyl sites for hydroxylation is 2. The Balaban J connectivity index is 2.00. The summed E-state index contributed by atoms with van der Waals surface area (Å²) in [7, 11) is 5.35. The van der Waals surface area contributed by atoms with Gasteiger partial charge in [0.15, 0.2) is 0 Å². The molecular formula is C13H16ClN5O. The third-order valence-electron chi connectivity index (χ3n) is 2.92. The van der Waals surface area contributed by atoms with Gasteiger partial charge in [0.05, 0.1) is 29.7 Å². The summed E-state index contributed by atoms with van der Waals surface area (Å²) in [5.41, 5.74) is 1.69. The first kappa shape index (κ1) is 14.3. The Kier molecular flexibility index (Phi) is 4.24. The second-order valence-corrected chi connectivity index (χ2v) is 4.94. The molecular weight excluding hydrogens is 278 g/mol. The molecule has 0 aliphatic heterocycles. The van der Waals surface area contributed by atoms with Crippen LogP contribution in [0.3, 0.4) is 0 Å². The van der Waals surface area contributed by atoms with Crippen LogP contribution in [0, 0.1) is 0 Å². The van der Waals surface area contributed by atoms with Gasteiger partial charge in [-0.15, -0.1) is 0 Å². The van der Waals surface area contributed by atoms with Gasteiger partial charge in [-0.05, 0) is 6.08 Å². The summed E-state index contributed by atoms with van der Waals surface area (Å²) in [4.78, 5) is 13.6. The van der Waals surface area contributed by atoms with Gasteiger partial charge in [0.25, 0.3) is 0 Å². The van der Waals surface area contributed by atoms with Crippen LogP contribution < -0.4 is 0 Å². The molecule has 2 aromatic rings. The van der Waals surface area contributed by atoms with Gasteiger partial charge in [0, 0.05) is 39.0 Å². The van der Waals surface area contributed by atoms with Crippen LogP contribution in [-0.4, -0.2) is 37.4 Å². The third-order valence-corrected chi connectivity index (χ3v) is 3.23. The molecule has 0 bridgehead atoms. The molecule has 0 fully saturated rings. The summed E-state index contributed by atoms with van der Waals surface area (Å²) >= 11 is 6.02. The summed E-state index contributed by atoms with van der Waals surface area (Å²) < 4.78 is 3.35. The van der Waals surface area contributed by atoms with Gasteiger partial charge in [0.1, 0.15) is 0 Å². The zero-order valence-corrected chi connectivity index (χ0v) is 12.4. The van der Waals surface area contributed by atoms with E-state index in [2.05, 4.69) is 10.2 Å². The second kappa shape index (κ2) is 5.92. The number of carbonyl (C=O) groups excluding carboxylic acids is 1. The molecule has 7 heteroatoms. The predicted octanol–water partition coefficient (Wildman–Crippen LogP) is 1.48. The summed E-state index contributed by atoms with van der Waals surface area (Å²) in [5.74, 6) is -0.105. The highest BCUT2D eigenvalue weighted by Gasteiger charge is 2.12. The van der Waals surface area contributed by atoms with Crippen molar-refractivity contribution in [2.24, 2.45) is 14.1 Å². The lowest BCUT2D eigenvalue weighted by Crippen LogP contribution is -2.25. The first-order chi connectivity index (χ1) is 9.47. The minimum absolute atomic E-state index is 0.105. The van der Waals surface area contributed by atoms with Gasteiger partial charge in [-0.25, -0.2) is 0 Å². The molecule has 1 amide bonds. The number of nitrogens with zero attached hydrogens (tertiary/aromatic N) is 5. The maximum Gasteiger partial charge on any atom is 0.246 e. The molecule has 0 unspecified atom stereocenters. The molecule has 0 N–H and O–H groups in total. The van der Waals surface area contributed by atoms with Crippen LogP contribution in [0.2, 0.25) is 5.02 Å². The molecule has 0 saturated carbocycles. The van der Waals surface area contributed by atoms with Crippen molar-refractivity contribution < 1.29 is 4.79 Å². The Bertz CT molecular complexity index is 623. The monoisotopic (exact) mass is 293 g/mol. The van der Waals surface area contributed by atoms with Crippen molar-refractivity contribution in [3.63, 3.8) is 0 Å². The molecule has 0 spiro atoms. The van der Waals surface area contributed by atoms with E-state index in [1.807, 2.05) is 13.2 Å². The minimum Gasteiger partial charge on any atom is -0.336 e. The largest absolute Gasteiger partial charge is 0.336 e. The lowest BCUT2D eigenvalue weighted by atomic mass is 10.3. The van der Waals surface area contributed by atoms with Crippen molar-refractivity contribution in [2.75, 3.05) is 7.05 Å². The average Bonchev–Trinajstić information content (AvgIpc) is 2.96. The highest BCUT2D eigenvalue weighted by Crippen LogP contribution is 2.15. The Labute approximate surface area is 122 Å². The molecule has 2 aromatic heterocycles. The fourth-order valence-corrected chi connectivity index (χ4v) is 1.96. The number of likely N-dealkylation sites (N-methyl/N-ethyl adjacent to an activating group) is 1. The van der Waals surface area contributed by atoms with E-state index < -0.39 is 0 Å².